The summed E-state index contributed by atoms with van der Waals surface area (Å²) in [6.45, 7) is 2.13. The van der Waals surface area contributed by atoms with Crippen molar-refractivity contribution >= 4 is 17.5 Å². The summed E-state index contributed by atoms with van der Waals surface area (Å²) in [5, 5.41) is 2.83. The molecule has 1 aliphatic rings. The zero-order valence-electron chi connectivity index (χ0n) is 17.0. The summed E-state index contributed by atoms with van der Waals surface area (Å²) in [6.07, 6.45) is 2.63. The Bertz CT molecular complexity index is 1000. The van der Waals surface area contributed by atoms with Crippen molar-refractivity contribution < 1.29 is 18.9 Å². The van der Waals surface area contributed by atoms with Crippen LogP contribution < -0.4 is 15.1 Å². The van der Waals surface area contributed by atoms with E-state index in [2.05, 4.69) is 29.6 Å². The number of rotatable bonds is 5. The van der Waals surface area contributed by atoms with E-state index in [-0.39, 0.29) is 6.04 Å². The molecule has 1 unspecified atom stereocenters. The van der Waals surface area contributed by atoms with Crippen molar-refractivity contribution in [3.8, 4) is 0 Å². The maximum Gasteiger partial charge on any atom is 0.316 e. The molecule has 2 aromatic carbocycles. The van der Waals surface area contributed by atoms with Crippen LogP contribution in [0.15, 0.2) is 77.4 Å². The number of furan rings is 1. The second-order valence-corrected chi connectivity index (χ2v) is 7.58. The number of benzene rings is 2. The smallest absolute Gasteiger partial charge is 0.316 e. The minimum atomic E-state index is -0.616. The maximum absolute atomic E-state index is 12.6. The third-order valence-corrected chi connectivity index (χ3v) is 5.74. The van der Waals surface area contributed by atoms with Gasteiger partial charge >= 0.3 is 11.8 Å². The summed E-state index contributed by atoms with van der Waals surface area (Å²) in [5.41, 5.74) is 3.38. The zero-order chi connectivity index (χ0) is 20.9. The molecule has 0 saturated carbocycles. The van der Waals surface area contributed by atoms with Gasteiger partial charge in [0.1, 0.15) is 6.54 Å². The van der Waals surface area contributed by atoms with Gasteiger partial charge < -0.3 is 19.5 Å². The van der Waals surface area contributed by atoms with Crippen molar-refractivity contribution in [3.63, 3.8) is 0 Å². The van der Waals surface area contributed by atoms with Gasteiger partial charge in [0.2, 0.25) is 0 Å². The first kappa shape index (κ1) is 19.9. The van der Waals surface area contributed by atoms with E-state index in [1.807, 2.05) is 30.3 Å². The normalized spacial score (nSPS) is 16.4. The summed E-state index contributed by atoms with van der Waals surface area (Å²) in [4.78, 5) is 27.8. The molecule has 6 heteroatoms. The van der Waals surface area contributed by atoms with Crippen molar-refractivity contribution in [2.75, 3.05) is 25.0 Å². The molecule has 1 aliphatic heterocycles. The number of nitrogens with zero attached hydrogens (tertiary/aromatic N) is 1. The van der Waals surface area contributed by atoms with Gasteiger partial charge in [-0.25, -0.2) is 0 Å². The molecule has 4 rings (SSSR count). The molecule has 0 bridgehead atoms. The number of quaternary nitrogens is 1. The van der Waals surface area contributed by atoms with Gasteiger partial charge in [0.25, 0.3) is 0 Å². The molecule has 30 heavy (non-hydrogen) atoms. The fourth-order valence-electron chi connectivity index (χ4n) is 4.03. The number of nitrogens with one attached hydrogen (secondary N) is 2. The summed E-state index contributed by atoms with van der Waals surface area (Å²) in [6, 6.07) is 21.3. The molecule has 2 atom stereocenters. The largest absolute Gasteiger partial charge is 0.463 e. The van der Waals surface area contributed by atoms with E-state index in [1.54, 1.807) is 25.4 Å². The molecule has 6 nitrogen and oxygen atoms in total. The van der Waals surface area contributed by atoms with Gasteiger partial charge in [0.15, 0.2) is 11.8 Å². The number of hydrogen-bond acceptors (Lipinski definition) is 3. The molecule has 3 aromatic rings. The minimum Gasteiger partial charge on any atom is -0.463 e. The first-order valence-corrected chi connectivity index (χ1v) is 10.2. The number of likely N-dealkylation sites (N-methyl/N-ethyl adjacent to an activating group) is 1. The highest BCUT2D eigenvalue weighted by Crippen LogP contribution is 2.16. The molecule has 0 spiro atoms. The lowest BCUT2D eigenvalue weighted by atomic mass is 9.98. The molecule has 0 aliphatic carbocycles. The number of carbonyl (C=O) groups is 2. The summed E-state index contributed by atoms with van der Waals surface area (Å²) >= 11 is 0. The first-order valence-electron chi connectivity index (χ1n) is 10.2. The second kappa shape index (κ2) is 8.97. The third-order valence-electron chi connectivity index (χ3n) is 5.74. The highest BCUT2D eigenvalue weighted by Gasteiger charge is 2.31. The van der Waals surface area contributed by atoms with Crippen LogP contribution in [0.25, 0.3) is 0 Å². The average Bonchev–Trinajstić information content (AvgIpc) is 3.33. The highest BCUT2D eigenvalue weighted by molar-refractivity contribution is 6.40. The Morgan fingerprint density at radius 2 is 1.77 bits per heavy atom. The van der Waals surface area contributed by atoms with E-state index in [9.17, 15) is 9.59 Å². The third kappa shape index (κ3) is 4.28. The fraction of sp³-hybridized carbons (Fsp3) is 0.250. The highest BCUT2D eigenvalue weighted by atomic mass is 16.3. The van der Waals surface area contributed by atoms with Crippen LogP contribution in [0.3, 0.4) is 0 Å². The lowest BCUT2D eigenvalue weighted by molar-refractivity contribution is -0.946. The predicted molar refractivity (Wildman–Crippen MR) is 114 cm³/mol. The number of hydrogen-bond donors (Lipinski definition) is 2. The van der Waals surface area contributed by atoms with Crippen molar-refractivity contribution in [2.24, 2.45) is 0 Å². The number of para-hydroxylation sites is 1. The van der Waals surface area contributed by atoms with E-state index in [0.29, 0.717) is 12.2 Å². The predicted octanol–water partition coefficient (Wildman–Crippen LogP) is 1.74. The quantitative estimate of drug-likeness (QED) is 0.637. The minimum absolute atomic E-state index is 0.0628. The molecule has 2 N–H and O–H groups in total. The van der Waals surface area contributed by atoms with Crippen LogP contribution in [0, 0.1) is 0 Å². The Labute approximate surface area is 176 Å². The van der Waals surface area contributed by atoms with Crippen LogP contribution >= 0.6 is 0 Å². The Balaban J connectivity index is 1.44. The molecular weight excluding hydrogens is 378 g/mol. The topological polar surface area (TPSA) is 67.0 Å². The molecule has 154 valence electrons. The van der Waals surface area contributed by atoms with Crippen molar-refractivity contribution in [2.45, 2.75) is 19.0 Å². The number of anilines is 1. The monoisotopic (exact) mass is 404 g/mol. The van der Waals surface area contributed by atoms with Crippen molar-refractivity contribution in [3.05, 3.63) is 89.9 Å². The van der Waals surface area contributed by atoms with E-state index < -0.39 is 11.8 Å². The molecule has 0 fully saturated rings. The number of fused-ring (bicyclic) bond motifs is 1. The van der Waals surface area contributed by atoms with Gasteiger partial charge in [-0.2, -0.15) is 0 Å². The molecule has 0 saturated heterocycles. The summed E-state index contributed by atoms with van der Waals surface area (Å²) in [5.74, 6) is -0.387. The van der Waals surface area contributed by atoms with Crippen LogP contribution in [-0.2, 0) is 22.6 Å². The van der Waals surface area contributed by atoms with Gasteiger partial charge in [-0.3, -0.25) is 9.59 Å². The summed E-state index contributed by atoms with van der Waals surface area (Å²) < 4.78 is 5.68. The van der Waals surface area contributed by atoms with Crippen LogP contribution in [0.2, 0.25) is 0 Å². The standard InChI is InChI=1S/C24H25N3O3/c1-26(20-10-3-2-4-11-20)24(29)23(28)25-16-21(22-12-7-15-30-22)27-14-13-18-8-5-6-9-19(18)17-27/h2-12,15,21H,13-14,16-17H2,1H3,(H,25,28)/p+1/t21-/m0/s1. The van der Waals surface area contributed by atoms with Gasteiger partial charge in [-0.15, -0.1) is 0 Å². The van der Waals surface area contributed by atoms with Crippen LogP contribution in [0.4, 0.5) is 5.69 Å². The number of carbonyl (C=O) groups excluding carboxylic acids is 2. The average molecular weight is 404 g/mol. The van der Waals surface area contributed by atoms with Crippen molar-refractivity contribution in [1.29, 1.82) is 0 Å². The van der Waals surface area contributed by atoms with E-state index >= 15 is 0 Å². The number of amides is 2. The lowest BCUT2D eigenvalue weighted by Gasteiger charge is -2.31. The van der Waals surface area contributed by atoms with E-state index in [1.165, 1.54) is 20.9 Å². The van der Waals surface area contributed by atoms with E-state index in [4.69, 9.17) is 4.42 Å². The molecule has 2 amide bonds. The Morgan fingerprint density at radius 1 is 1.03 bits per heavy atom. The molecular formula is C24H26N3O3+. The maximum atomic E-state index is 12.6. The SMILES string of the molecule is CN(C(=O)C(=O)NC[C@@H](c1ccco1)[NH+]1CCc2ccccc2C1)c1ccccc1. The summed E-state index contributed by atoms with van der Waals surface area (Å²) in [7, 11) is 1.61. The van der Waals surface area contributed by atoms with Crippen LogP contribution in [-0.4, -0.2) is 32.0 Å². The van der Waals surface area contributed by atoms with Gasteiger partial charge in [0, 0.05) is 24.7 Å². The first-order chi connectivity index (χ1) is 14.6. The Morgan fingerprint density at radius 3 is 2.50 bits per heavy atom. The zero-order valence-corrected chi connectivity index (χ0v) is 17.0. The fourth-order valence-corrected chi connectivity index (χ4v) is 4.03. The van der Waals surface area contributed by atoms with Gasteiger partial charge in [-0.1, -0.05) is 42.5 Å². The second-order valence-electron chi connectivity index (χ2n) is 7.58. The van der Waals surface area contributed by atoms with Crippen molar-refractivity contribution in [1.82, 2.24) is 5.32 Å². The van der Waals surface area contributed by atoms with Gasteiger partial charge in [-0.05, 0) is 29.8 Å². The van der Waals surface area contributed by atoms with Crippen LogP contribution in [0.1, 0.15) is 22.9 Å². The molecule has 0 radical (unpaired) electrons. The van der Waals surface area contributed by atoms with Crippen LogP contribution in [0.5, 0.6) is 0 Å². The molecule has 1 aromatic heterocycles. The van der Waals surface area contributed by atoms with Gasteiger partial charge in [0.05, 0.1) is 19.4 Å². The molecule has 2 heterocycles. The Hall–Kier alpha value is -3.38. The lowest BCUT2D eigenvalue weighted by Crippen LogP contribution is -3.12. The van der Waals surface area contributed by atoms with E-state index in [0.717, 1.165) is 25.3 Å². The Kier molecular flexibility index (Phi) is 5.95.